The first-order valence-corrected chi connectivity index (χ1v) is 4.09. The highest BCUT2D eigenvalue weighted by Crippen LogP contribution is 2.27. The van der Waals surface area contributed by atoms with E-state index in [1.165, 1.54) is 0 Å². The Balaban J connectivity index is 1.79. The number of hydrogen-bond donors (Lipinski definition) is 0. The second-order valence-electron chi connectivity index (χ2n) is 3.64. The molecule has 0 unspecified atom stereocenters. The molecule has 0 aromatic carbocycles. The van der Waals surface area contributed by atoms with E-state index in [-0.39, 0.29) is 11.9 Å². The summed E-state index contributed by atoms with van der Waals surface area (Å²) < 4.78 is 16.1. The van der Waals surface area contributed by atoms with Gasteiger partial charge in [-0.15, -0.1) is 0 Å². The van der Waals surface area contributed by atoms with E-state index in [4.69, 9.17) is 14.2 Å². The van der Waals surface area contributed by atoms with Crippen molar-refractivity contribution in [1.82, 2.24) is 0 Å². The van der Waals surface area contributed by atoms with Gasteiger partial charge >= 0.3 is 0 Å². The van der Waals surface area contributed by atoms with Gasteiger partial charge in [-0.2, -0.15) is 0 Å². The Bertz CT molecular complexity index is 151. The van der Waals surface area contributed by atoms with Crippen molar-refractivity contribution in [3.63, 3.8) is 0 Å². The molecule has 11 heavy (non-hydrogen) atoms. The zero-order chi connectivity index (χ0) is 7.90. The molecular weight excluding hydrogens is 144 g/mol. The van der Waals surface area contributed by atoms with Crippen molar-refractivity contribution < 1.29 is 14.2 Å². The Morgan fingerprint density at radius 2 is 2.00 bits per heavy atom. The van der Waals surface area contributed by atoms with E-state index in [2.05, 4.69) is 0 Å². The fourth-order valence-electron chi connectivity index (χ4n) is 1.38. The summed E-state index contributed by atoms with van der Waals surface area (Å²) in [6, 6.07) is 0. The van der Waals surface area contributed by atoms with E-state index in [1.54, 1.807) is 0 Å². The summed E-state index contributed by atoms with van der Waals surface area (Å²) >= 11 is 0. The predicted octanol–water partition coefficient (Wildman–Crippen LogP) is 0.927. The molecule has 0 saturated carbocycles. The maximum Gasteiger partial charge on any atom is 0.163 e. The summed E-state index contributed by atoms with van der Waals surface area (Å²) in [6.45, 7) is 5.51. The molecule has 2 aliphatic heterocycles. The minimum atomic E-state index is -0.375. The summed E-state index contributed by atoms with van der Waals surface area (Å²) in [4.78, 5) is 0. The van der Waals surface area contributed by atoms with Crippen LogP contribution in [0.1, 0.15) is 20.3 Å². The Morgan fingerprint density at radius 3 is 2.45 bits per heavy atom. The molecule has 0 bridgehead atoms. The molecular formula is C8H14O3. The quantitative estimate of drug-likeness (QED) is 0.560. The Morgan fingerprint density at radius 1 is 1.27 bits per heavy atom. The largest absolute Gasteiger partial charge is 0.373 e. The second-order valence-corrected chi connectivity index (χ2v) is 3.64. The summed E-state index contributed by atoms with van der Waals surface area (Å²) in [5, 5.41) is 0. The highest BCUT2D eigenvalue weighted by molar-refractivity contribution is 4.79. The van der Waals surface area contributed by atoms with Crippen LogP contribution in [-0.4, -0.2) is 31.2 Å². The lowest BCUT2D eigenvalue weighted by Gasteiger charge is -2.16. The highest BCUT2D eigenvalue weighted by atomic mass is 16.7. The Kier molecular flexibility index (Phi) is 1.67. The second kappa shape index (κ2) is 2.44. The van der Waals surface area contributed by atoms with Crippen LogP contribution < -0.4 is 0 Å². The normalized spacial score (nSPS) is 40.9. The molecule has 2 heterocycles. The SMILES string of the molecule is CC1(C)OC[C@H](C[C@H]2CO2)O1. The van der Waals surface area contributed by atoms with Gasteiger partial charge in [0.15, 0.2) is 5.79 Å². The van der Waals surface area contributed by atoms with Gasteiger partial charge < -0.3 is 14.2 Å². The third-order valence-electron chi connectivity index (χ3n) is 2.00. The van der Waals surface area contributed by atoms with Crippen LogP contribution in [0.25, 0.3) is 0 Å². The molecule has 0 radical (unpaired) electrons. The number of rotatable bonds is 2. The van der Waals surface area contributed by atoms with Crippen LogP contribution in [0.5, 0.6) is 0 Å². The Labute approximate surface area is 66.6 Å². The Hall–Kier alpha value is -0.120. The molecule has 0 aliphatic carbocycles. The summed E-state index contributed by atoms with van der Waals surface area (Å²) in [5.41, 5.74) is 0. The van der Waals surface area contributed by atoms with E-state index >= 15 is 0 Å². The molecule has 2 aliphatic rings. The first kappa shape index (κ1) is 7.53. The van der Waals surface area contributed by atoms with Crippen LogP contribution in [0, 0.1) is 0 Å². The van der Waals surface area contributed by atoms with Gasteiger partial charge in [-0.3, -0.25) is 0 Å². The third-order valence-corrected chi connectivity index (χ3v) is 2.00. The van der Waals surface area contributed by atoms with Crippen LogP contribution in [0.3, 0.4) is 0 Å². The van der Waals surface area contributed by atoms with E-state index in [9.17, 15) is 0 Å². The lowest BCUT2D eigenvalue weighted by Crippen LogP contribution is -2.22. The molecule has 2 atom stereocenters. The van der Waals surface area contributed by atoms with Crippen LogP contribution in [-0.2, 0) is 14.2 Å². The van der Waals surface area contributed by atoms with Crippen molar-refractivity contribution in [2.75, 3.05) is 13.2 Å². The van der Waals surface area contributed by atoms with Gasteiger partial charge in [-0.25, -0.2) is 0 Å². The van der Waals surface area contributed by atoms with Crippen LogP contribution >= 0.6 is 0 Å². The van der Waals surface area contributed by atoms with E-state index in [1.807, 2.05) is 13.8 Å². The molecule has 0 amide bonds. The van der Waals surface area contributed by atoms with Crippen molar-refractivity contribution in [2.24, 2.45) is 0 Å². The predicted molar refractivity (Wildman–Crippen MR) is 39.3 cm³/mol. The molecule has 0 aromatic rings. The van der Waals surface area contributed by atoms with Gasteiger partial charge in [-0.05, 0) is 13.8 Å². The summed E-state index contributed by atoms with van der Waals surface area (Å²) in [6.07, 6.45) is 1.68. The van der Waals surface area contributed by atoms with E-state index in [0.717, 1.165) is 13.0 Å². The van der Waals surface area contributed by atoms with Crippen LogP contribution in [0.4, 0.5) is 0 Å². The topological polar surface area (TPSA) is 31.0 Å². The molecule has 3 nitrogen and oxygen atoms in total. The lowest BCUT2D eigenvalue weighted by molar-refractivity contribution is -0.139. The average Bonchev–Trinajstić information content (AvgIpc) is 2.61. The van der Waals surface area contributed by atoms with E-state index < -0.39 is 0 Å². The molecule has 0 aromatic heterocycles. The van der Waals surface area contributed by atoms with E-state index in [0.29, 0.717) is 12.7 Å². The maximum atomic E-state index is 5.60. The maximum absolute atomic E-state index is 5.60. The zero-order valence-electron chi connectivity index (χ0n) is 7.00. The molecule has 0 N–H and O–H groups in total. The van der Waals surface area contributed by atoms with Gasteiger partial charge in [0.1, 0.15) is 0 Å². The lowest BCUT2D eigenvalue weighted by atomic mass is 10.2. The zero-order valence-corrected chi connectivity index (χ0v) is 7.00. The number of epoxide rings is 1. The molecule has 2 saturated heterocycles. The molecule has 2 fully saturated rings. The first-order chi connectivity index (χ1) is 5.16. The monoisotopic (exact) mass is 158 g/mol. The van der Waals surface area contributed by atoms with Gasteiger partial charge in [-0.1, -0.05) is 0 Å². The third kappa shape index (κ3) is 1.92. The minimum Gasteiger partial charge on any atom is -0.373 e. The summed E-state index contributed by atoms with van der Waals surface area (Å²) in [7, 11) is 0. The summed E-state index contributed by atoms with van der Waals surface area (Å²) in [5.74, 6) is -0.375. The molecule has 64 valence electrons. The fourth-order valence-corrected chi connectivity index (χ4v) is 1.38. The smallest absolute Gasteiger partial charge is 0.163 e. The van der Waals surface area contributed by atoms with Crippen molar-refractivity contribution in [1.29, 1.82) is 0 Å². The first-order valence-electron chi connectivity index (χ1n) is 4.09. The van der Waals surface area contributed by atoms with Crippen molar-refractivity contribution in [3.05, 3.63) is 0 Å². The number of ether oxygens (including phenoxy) is 3. The van der Waals surface area contributed by atoms with Crippen molar-refractivity contribution in [3.8, 4) is 0 Å². The van der Waals surface area contributed by atoms with Crippen molar-refractivity contribution in [2.45, 2.75) is 38.3 Å². The van der Waals surface area contributed by atoms with Gasteiger partial charge in [0.05, 0.1) is 25.4 Å². The average molecular weight is 158 g/mol. The highest BCUT2D eigenvalue weighted by Gasteiger charge is 2.36. The van der Waals surface area contributed by atoms with Gasteiger partial charge in [0.2, 0.25) is 0 Å². The molecule has 2 rings (SSSR count). The fraction of sp³-hybridized carbons (Fsp3) is 1.00. The standard InChI is InChI=1S/C8H14O3/c1-8(2)10-5-7(11-8)3-6-4-9-6/h6-7H,3-5H2,1-2H3/t6-,7-/m0/s1. The van der Waals surface area contributed by atoms with Gasteiger partial charge in [0.25, 0.3) is 0 Å². The van der Waals surface area contributed by atoms with Crippen LogP contribution in [0.2, 0.25) is 0 Å². The molecule has 0 spiro atoms. The van der Waals surface area contributed by atoms with Crippen LogP contribution in [0.15, 0.2) is 0 Å². The van der Waals surface area contributed by atoms with Crippen molar-refractivity contribution >= 4 is 0 Å². The number of hydrogen-bond acceptors (Lipinski definition) is 3. The minimum absolute atomic E-state index is 0.248. The van der Waals surface area contributed by atoms with Gasteiger partial charge in [0, 0.05) is 6.42 Å². The molecule has 3 heteroatoms.